The van der Waals surface area contributed by atoms with Crippen molar-refractivity contribution in [3.63, 3.8) is 0 Å². The van der Waals surface area contributed by atoms with Crippen molar-refractivity contribution < 1.29 is 24.2 Å². The standard InChI is InChI=1S/C37H30IN5O8/c1-40-26-17-30(51-3)29(50-2)16-24(26)39-23(35(40)47)11-12-41-36(48)42-13-10-20-25(43(42)37(41)49)14-21-28(45)15-22(38)34(46)33(21)32(20)31-19-7-5-4-6-18(19)8-9-27(31)44/h4-10,15-17,25,32,44H,11-14H2,1-3H3/t25-,32-/m1/s1. The Morgan fingerprint density at radius 1 is 0.980 bits per heavy atom. The number of rotatable bonds is 6. The van der Waals surface area contributed by atoms with Gasteiger partial charge in [-0.2, -0.15) is 0 Å². The average Bonchev–Trinajstić information content (AvgIpc) is 3.38. The smallest absolute Gasteiger partial charge is 0.347 e. The van der Waals surface area contributed by atoms with Gasteiger partial charge in [-0.1, -0.05) is 36.4 Å². The molecule has 3 aromatic carbocycles. The number of phenolic OH excluding ortho intramolecular Hbond substituents is 1. The summed E-state index contributed by atoms with van der Waals surface area (Å²) in [6.45, 7) is -0.113. The van der Waals surface area contributed by atoms with Crippen LogP contribution in [0.3, 0.4) is 0 Å². The normalized spacial score (nSPS) is 18.4. The Bertz CT molecular complexity index is 2670. The van der Waals surface area contributed by atoms with E-state index in [1.165, 1.54) is 34.2 Å². The minimum absolute atomic E-state index is 0.00954. The summed E-state index contributed by atoms with van der Waals surface area (Å²) in [5.41, 5.74) is 1.19. The molecule has 3 aliphatic rings. The third kappa shape index (κ3) is 4.87. The van der Waals surface area contributed by atoms with E-state index in [0.29, 0.717) is 39.1 Å². The van der Waals surface area contributed by atoms with E-state index in [2.05, 4.69) is 4.98 Å². The Hall–Kier alpha value is -5.51. The lowest BCUT2D eigenvalue weighted by atomic mass is 9.68. The number of Topliss-reactive ketones (excluding diaryl/α,β-unsaturated/α-hetero) is 1. The number of ether oxygens (including phenoxy) is 2. The van der Waals surface area contributed by atoms with Crippen LogP contribution in [0.5, 0.6) is 17.2 Å². The summed E-state index contributed by atoms with van der Waals surface area (Å²) < 4.78 is 16.2. The molecule has 1 N–H and O–H groups in total. The lowest BCUT2D eigenvalue weighted by Gasteiger charge is -2.40. The lowest BCUT2D eigenvalue weighted by molar-refractivity contribution is -0.115. The molecule has 5 aromatic rings. The van der Waals surface area contributed by atoms with Crippen molar-refractivity contribution in [3.05, 3.63) is 124 Å². The van der Waals surface area contributed by atoms with Crippen molar-refractivity contribution in [3.8, 4) is 17.2 Å². The van der Waals surface area contributed by atoms with E-state index in [0.717, 1.165) is 9.95 Å². The molecule has 51 heavy (non-hydrogen) atoms. The largest absolute Gasteiger partial charge is 0.508 e. The fourth-order valence-corrected chi connectivity index (χ4v) is 8.29. The summed E-state index contributed by atoms with van der Waals surface area (Å²) in [6, 6.07) is 13.3. The Labute approximate surface area is 302 Å². The SMILES string of the molecule is COc1cc2nc(CCn3c(=O)n4n(c3=O)[C@@H]3CC5=C(C(=O)C(I)=CC5=O)[C@@H](c5c(O)ccc6ccccc56)C3=CC4)c(=O)n(C)c2cc1OC. The van der Waals surface area contributed by atoms with Crippen LogP contribution in [0, 0.1) is 0 Å². The van der Waals surface area contributed by atoms with Crippen LogP contribution in [-0.4, -0.2) is 54.4 Å². The molecular formula is C37H30IN5O8. The Morgan fingerprint density at radius 3 is 2.49 bits per heavy atom. The molecule has 0 spiro atoms. The quantitative estimate of drug-likeness (QED) is 0.154. The molecule has 0 bridgehead atoms. The number of hydrogen-bond donors (Lipinski definition) is 1. The van der Waals surface area contributed by atoms with Gasteiger partial charge in [-0.05, 0) is 45.0 Å². The Balaban J connectivity index is 1.23. The second kappa shape index (κ2) is 12.1. The van der Waals surface area contributed by atoms with E-state index >= 15 is 0 Å². The molecule has 2 aromatic heterocycles. The summed E-state index contributed by atoms with van der Waals surface area (Å²) in [5, 5.41) is 12.9. The minimum atomic E-state index is -0.848. The number of aromatic hydroxyl groups is 1. The number of ketones is 2. The number of benzene rings is 3. The van der Waals surface area contributed by atoms with Gasteiger partial charge in [0.1, 0.15) is 11.4 Å². The number of hydrogen-bond acceptors (Lipinski definition) is 9. The van der Waals surface area contributed by atoms with Crippen LogP contribution in [0.2, 0.25) is 0 Å². The van der Waals surface area contributed by atoms with E-state index in [1.54, 1.807) is 31.3 Å². The predicted molar refractivity (Wildman–Crippen MR) is 196 cm³/mol. The molecule has 0 saturated carbocycles. The number of carbonyl (C=O) groups is 2. The third-order valence-corrected chi connectivity index (χ3v) is 10.9. The fraction of sp³-hybridized carbons (Fsp3) is 0.243. The van der Waals surface area contributed by atoms with Gasteiger partial charge < -0.3 is 19.1 Å². The van der Waals surface area contributed by atoms with Crippen LogP contribution < -0.4 is 26.4 Å². The number of aryl methyl sites for hydroxylation is 2. The highest BCUT2D eigenvalue weighted by Gasteiger charge is 2.46. The summed E-state index contributed by atoms with van der Waals surface area (Å²) >= 11 is 1.86. The van der Waals surface area contributed by atoms with Gasteiger partial charge in [-0.25, -0.2) is 28.5 Å². The molecule has 2 aliphatic carbocycles. The molecule has 3 heterocycles. The van der Waals surface area contributed by atoms with E-state index in [1.807, 2.05) is 52.9 Å². The van der Waals surface area contributed by atoms with Gasteiger partial charge in [0.05, 0.1) is 41.4 Å². The summed E-state index contributed by atoms with van der Waals surface area (Å²) in [7, 11) is 4.60. The van der Waals surface area contributed by atoms with Crippen molar-refractivity contribution in [2.45, 2.75) is 37.9 Å². The van der Waals surface area contributed by atoms with E-state index < -0.39 is 23.3 Å². The third-order valence-electron chi connectivity index (χ3n) is 10.1. The van der Waals surface area contributed by atoms with Crippen molar-refractivity contribution in [1.29, 1.82) is 0 Å². The van der Waals surface area contributed by atoms with Crippen molar-refractivity contribution in [1.82, 2.24) is 23.5 Å². The Morgan fingerprint density at radius 2 is 1.73 bits per heavy atom. The van der Waals surface area contributed by atoms with E-state index in [4.69, 9.17) is 9.47 Å². The highest BCUT2D eigenvalue weighted by molar-refractivity contribution is 14.1. The summed E-state index contributed by atoms with van der Waals surface area (Å²) in [4.78, 5) is 73.4. The van der Waals surface area contributed by atoms with Gasteiger partial charge in [0, 0.05) is 67.3 Å². The zero-order valence-electron chi connectivity index (χ0n) is 27.7. The van der Waals surface area contributed by atoms with Gasteiger partial charge in [-0.3, -0.25) is 14.4 Å². The van der Waals surface area contributed by atoms with Crippen LogP contribution in [0.1, 0.15) is 29.6 Å². The maximum Gasteiger partial charge on any atom is 0.347 e. The molecule has 1 aliphatic heterocycles. The first-order chi connectivity index (χ1) is 24.5. The van der Waals surface area contributed by atoms with Crippen LogP contribution in [0.4, 0.5) is 0 Å². The average molecular weight is 800 g/mol. The molecular weight excluding hydrogens is 769 g/mol. The number of allylic oxidation sites excluding steroid dienone is 6. The number of methoxy groups -OCH3 is 2. The number of nitrogens with zero attached hydrogens (tertiary/aromatic N) is 5. The monoisotopic (exact) mass is 799 g/mol. The van der Waals surface area contributed by atoms with E-state index in [-0.39, 0.29) is 69.2 Å². The second-order valence-corrected chi connectivity index (χ2v) is 13.8. The Kier molecular flexibility index (Phi) is 7.74. The molecule has 258 valence electrons. The molecule has 0 saturated heterocycles. The topological polar surface area (TPSA) is 157 Å². The van der Waals surface area contributed by atoms with Gasteiger partial charge in [0.2, 0.25) is 0 Å². The van der Waals surface area contributed by atoms with Crippen molar-refractivity contribution in [2.24, 2.45) is 7.05 Å². The zero-order valence-corrected chi connectivity index (χ0v) is 29.8. The minimum Gasteiger partial charge on any atom is -0.508 e. The zero-order chi connectivity index (χ0) is 35.9. The number of halogens is 1. The highest BCUT2D eigenvalue weighted by atomic mass is 127. The lowest BCUT2D eigenvalue weighted by Crippen LogP contribution is -2.40. The first kappa shape index (κ1) is 32.7. The molecule has 13 nitrogen and oxygen atoms in total. The summed E-state index contributed by atoms with van der Waals surface area (Å²) in [5.74, 6) is -0.684. The van der Waals surface area contributed by atoms with Gasteiger partial charge >= 0.3 is 11.4 Å². The predicted octanol–water partition coefficient (Wildman–Crippen LogP) is 3.61. The molecule has 0 fully saturated rings. The van der Waals surface area contributed by atoms with Gasteiger partial charge in [0.25, 0.3) is 5.56 Å². The number of phenols is 1. The molecule has 0 amide bonds. The highest BCUT2D eigenvalue weighted by Crippen LogP contribution is 2.53. The van der Waals surface area contributed by atoms with Gasteiger partial charge in [0.15, 0.2) is 23.1 Å². The van der Waals surface area contributed by atoms with Crippen LogP contribution in [-0.2, 0) is 36.1 Å². The first-order valence-electron chi connectivity index (χ1n) is 16.2. The molecule has 14 heteroatoms. The van der Waals surface area contributed by atoms with Crippen LogP contribution >= 0.6 is 22.6 Å². The molecule has 2 atom stereocenters. The first-order valence-corrected chi connectivity index (χ1v) is 17.3. The maximum absolute atomic E-state index is 14.2. The second-order valence-electron chi connectivity index (χ2n) is 12.7. The van der Waals surface area contributed by atoms with Crippen molar-refractivity contribution in [2.75, 3.05) is 14.2 Å². The summed E-state index contributed by atoms with van der Waals surface area (Å²) in [6.07, 6.45) is 3.11. The van der Waals surface area contributed by atoms with Crippen LogP contribution in [0.25, 0.3) is 21.8 Å². The maximum atomic E-state index is 14.2. The van der Waals surface area contributed by atoms with E-state index in [9.17, 15) is 29.1 Å². The van der Waals surface area contributed by atoms with Crippen molar-refractivity contribution >= 4 is 56.0 Å². The van der Waals surface area contributed by atoms with Crippen LogP contribution in [0.15, 0.2) is 95.4 Å². The molecule has 0 unspecified atom stereocenters. The number of aromatic nitrogens is 5. The van der Waals surface area contributed by atoms with Gasteiger partial charge in [-0.15, -0.1) is 0 Å². The molecule has 0 radical (unpaired) electrons. The fourth-order valence-electron chi connectivity index (χ4n) is 7.72. The molecule has 8 rings (SSSR count). The number of carbonyl (C=O) groups excluding carboxylic acids is 2. The number of fused-ring (bicyclic) bond motifs is 5.